The Labute approximate surface area is 107 Å². The maximum Gasteiger partial charge on any atom is 0.416 e. The Morgan fingerprint density at radius 2 is 2.05 bits per heavy atom. The smallest absolute Gasteiger partial charge is 0.355 e. The fourth-order valence-electron chi connectivity index (χ4n) is 1.26. The van der Waals surface area contributed by atoms with Gasteiger partial charge in [-0.25, -0.2) is 4.39 Å². The maximum atomic E-state index is 13.3. The molecule has 0 aliphatic rings. The quantitative estimate of drug-likeness (QED) is 0.501. The molecule has 1 amide bonds. The molecule has 19 heavy (non-hydrogen) atoms. The van der Waals surface area contributed by atoms with Gasteiger partial charge in [-0.05, 0) is 18.2 Å². The van der Waals surface area contributed by atoms with Gasteiger partial charge in [-0.15, -0.1) is 0 Å². The van der Waals surface area contributed by atoms with Crippen LogP contribution in [0.15, 0.2) is 18.2 Å². The second-order valence-electron chi connectivity index (χ2n) is 3.73. The molecule has 2 nitrogen and oxygen atoms in total. The van der Waals surface area contributed by atoms with Crippen LogP contribution in [0, 0.1) is 17.7 Å². The van der Waals surface area contributed by atoms with Crippen LogP contribution < -0.4 is 5.32 Å². The number of carbonyl (C=O) groups excluding carboxylic acids is 1. The van der Waals surface area contributed by atoms with E-state index in [-0.39, 0.29) is 24.4 Å². The molecule has 1 rings (SSSR count). The van der Waals surface area contributed by atoms with Crippen molar-refractivity contribution in [2.45, 2.75) is 19.5 Å². The molecule has 0 aliphatic heterocycles. The largest absolute Gasteiger partial charge is 0.416 e. The monoisotopic (exact) mass is 273 g/mol. The van der Waals surface area contributed by atoms with E-state index in [0.717, 1.165) is 6.07 Å². The van der Waals surface area contributed by atoms with Crippen LogP contribution in [-0.2, 0) is 11.0 Å². The van der Waals surface area contributed by atoms with Crippen LogP contribution >= 0.6 is 0 Å². The molecule has 1 aromatic rings. The summed E-state index contributed by atoms with van der Waals surface area (Å²) in [4.78, 5) is 10.5. The van der Waals surface area contributed by atoms with Crippen molar-refractivity contribution in [3.05, 3.63) is 35.1 Å². The first-order valence-electron chi connectivity index (χ1n) is 5.41. The highest BCUT2D eigenvalue weighted by molar-refractivity contribution is 5.72. The molecule has 0 heterocycles. The molecule has 0 aromatic heterocycles. The lowest BCUT2D eigenvalue weighted by atomic mass is 10.1. The van der Waals surface area contributed by atoms with Crippen molar-refractivity contribution in [1.82, 2.24) is 5.32 Å². The van der Waals surface area contributed by atoms with Crippen molar-refractivity contribution in [3.63, 3.8) is 0 Å². The van der Waals surface area contributed by atoms with E-state index < -0.39 is 17.6 Å². The van der Waals surface area contributed by atoms with Crippen molar-refractivity contribution >= 4 is 5.91 Å². The van der Waals surface area contributed by atoms with Crippen LogP contribution in [0.25, 0.3) is 0 Å². The fourth-order valence-corrected chi connectivity index (χ4v) is 1.26. The number of amides is 1. The Balaban J connectivity index is 2.78. The summed E-state index contributed by atoms with van der Waals surface area (Å²) in [6.07, 6.45) is -4.30. The highest BCUT2D eigenvalue weighted by Gasteiger charge is 2.30. The average molecular weight is 273 g/mol. The summed E-state index contributed by atoms with van der Waals surface area (Å²) >= 11 is 0. The normalized spacial score (nSPS) is 10.6. The van der Waals surface area contributed by atoms with Crippen molar-refractivity contribution in [2.75, 3.05) is 6.54 Å². The number of halogens is 4. The molecule has 0 radical (unpaired) electrons. The molecule has 102 valence electrons. The fraction of sp³-hybridized carbons (Fsp3) is 0.308. The first-order chi connectivity index (χ1) is 8.80. The van der Waals surface area contributed by atoms with Gasteiger partial charge in [0.1, 0.15) is 5.82 Å². The van der Waals surface area contributed by atoms with Crippen LogP contribution in [0.5, 0.6) is 0 Å². The second kappa shape index (κ2) is 6.23. The van der Waals surface area contributed by atoms with Crippen LogP contribution in [0.4, 0.5) is 17.6 Å². The van der Waals surface area contributed by atoms with Gasteiger partial charge in [0, 0.05) is 19.9 Å². The van der Waals surface area contributed by atoms with E-state index in [9.17, 15) is 22.4 Å². The van der Waals surface area contributed by atoms with Gasteiger partial charge in [0.15, 0.2) is 0 Å². The Morgan fingerprint density at radius 3 is 2.63 bits per heavy atom. The molecule has 0 saturated heterocycles. The lowest BCUT2D eigenvalue weighted by Crippen LogP contribution is -2.20. The van der Waals surface area contributed by atoms with E-state index in [1.807, 2.05) is 0 Å². The zero-order valence-corrected chi connectivity index (χ0v) is 10.1. The molecule has 0 fully saturated rings. The summed E-state index contributed by atoms with van der Waals surface area (Å²) < 4.78 is 50.5. The highest BCUT2D eigenvalue weighted by atomic mass is 19.4. The van der Waals surface area contributed by atoms with Crippen molar-refractivity contribution in [1.29, 1.82) is 0 Å². The minimum absolute atomic E-state index is 0.230. The minimum Gasteiger partial charge on any atom is -0.355 e. The zero-order chi connectivity index (χ0) is 14.5. The number of carbonyl (C=O) groups is 1. The third kappa shape index (κ3) is 5.00. The SMILES string of the molecule is CC(=O)NCCC#Cc1cc(C(F)(F)F)ccc1F. The average Bonchev–Trinajstić information content (AvgIpc) is 2.29. The van der Waals surface area contributed by atoms with E-state index in [4.69, 9.17) is 0 Å². The van der Waals surface area contributed by atoms with Gasteiger partial charge < -0.3 is 5.32 Å². The lowest BCUT2D eigenvalue weighted by molar-refractivity contribution is -0.137. The van der Waals surface area contributed by atoms with E-state index in [2.05, 4.69) is 17.2 Å². The summed E-state index contributed by atoms with van der Waals surface area (Å²) in [6, 6.07) is 2.07. The Kier molecular flexibility index (Phi) is 4.93. The standard InChI is InChI=1S/C13H11F4NO/c1-9(19)18-7-3-2-4-10-8-11(13(15,16)17)5-6-12(10)14/h5-6,8H,3,7H2,1H3,(H,18,19). The van der Waals surface area contributed by atoms with Gasteiger partial charge in [0.2, 0.25) is 5.91 Å². The number of alkyl halides is 3. The molecule has 0 aliphatic carbocycles. The second-order valence-corrected chi connectivity index (χ2v) is 3.73. The molecular weight excluding hydrogens is 262 g/mol. The molecule has 0 bridgehead atoms. The zero-order valence-electron chi connectivity index (χ0n) is 10.1. The molecule has 1 N–H and O–H groups in total. The highest BCUT2D eigenvalue weighted by Crippen LogP contribution is 2.30. The summed E-state index contributed by atoms with van der Waals surface area (Å²) in [5, 5.41) is 2.47. The Bertz CT molecular complexity index is 526. The molecule has 1 aromatic carbocycles. The maximum absolute atomic E-state index is 13.3. The number of benzene rings is 1. The Morgan fingerprint density at radius 1 is 1.37 bits per heavy atom. The first-order valence-corrected chi connectivity index (χ1v) is 5.41. The van der Waals surface area contributed by atoms with E-state index in [1.165, 1.54) is 6.92 Å². The van der Waals surface area contributed by atoms with Crippen molar-refractivity contribution in [3.8, 4) is 11.8 Å². The number of rotatable bonds is 2. The first kappa shape index (κ1) is 15.0. The number of hydrogen-bond donors (Lipinski definition) is 1. The predicted molar refractivity (Wildman–Crippen MR) is 61.6 cm³/mol. The van der Waals surface area contributed by atoms with Crippen LogP contribution in [0.3, 0.4) is 0 Å². The number of nitrogens with one attached hydrogen (secondary N) is 1. The van der Waals surface area contributed by atoms with Crippen molar-refractivity contribution in [2.24, 2.45) is 0 Å². The van der Waals surface area contributed by atoms with Crippen LogP contribution in [0.2, 0.25) is 0 Å². The summed E-state index contributed by atoms with van der Waals surface area (Å²) in [5.41, 5.74) is -1.25. The minimum atomic E-state index is -4.53. The third-order valence-electron chi connectivity index (χ3n) is 2.14. The van der Waals surface area contributed by atoms with Crippen LogP contribution in [0.1, 0.15) is 24.5 Å². The van der Waals surface area contributed by atoms with E-state index in [1.54, 1.807) is 0 Å². The molecule has 6 heteroatoms. The van der Waals surface area contributed by atoms with E-state index in [0.29, 0.717) is 12.1 Å². The van der Waals surface area contributed by atoms with Gasteiger partial charge in [-0.2, -0.15) is 13.2 Å². The molecule has 0 spiro atoms. The third-order valence-corrected chi connectivity index (χ3v) is 2.14. The summed E-state index contributed by atoms with van der Waals surface area (Å²) in [7, 11) is 0. The summed E-state index contributed by atoms with van der Waals surface area (Å²) in [6.45, 7) is 1.60. The van der Waals surface area contributed by atoms with Gasteiger partial charge in [-0.1, -0.05) is 11.8 Å². The van der Waals surface area contributed by atoms with Crippen molar-refractivity contribution < 1.29 is 22.4 Å². The molecule has 0 atom stereocenters. The van der Waals surface area contributed by atoms with Gasteiger partial charge >= 0.3 is 6.18 Å². The van der Waals surface area contributed by atoms with Gasteiger partial charge in [-0.3, -0.25) is 4.79 Å². The number of hydrogen-bond acceptors (Lipinski definition) is 1. The Hall–Kier alpha value is -2.03. The molecular formula is C13H11F4NO. The lowest BCUT2D eigenvalue weighted by Gasteiger charge is -2.06. The van der Waals surface area contributed by atoms with Gasteiger partial charge in [0.25, 0.3) is 0 Å². The van der Waals surface area contributed by atoms with Gasteiger partial charge in [0.05, 0.1) is 11.1 Å². The molecule has 0 saturated carbocycles. The topological polar surface area (TPSA) is 29.1 Å². The predicted octanol–water partition coefficient (Wildman–Crippen LogP) is 2.72. The molecule has 0 unspecified atom stereocenters. The van der Waals surface area contributed by atoms with E-state index >= 15 is 0 Å². The summed E-state index contributed by atoms with van der Waals surface area (Å²) in [5.74, 6) is 3.79. The van der Waals surface area contributed by atoms with Crippen LogP contribution in [-0.4, -0.2) is 12.5 Å².